The Morgan fingerprint density at radius 1 is 0.886 bits per heavy atom. The monoisotopic (exact) mass is 493 g/mol. The number of anilines is 2. The van der Waals surface area contributed by atoms with E-state index in [4.69, 9.17) is 0 Å². The Hall–Kier alpha value is -3.65. The number of amides is 2. The molecule has 0 aliphatic rings. The average Bonchev–Trinajstić information content (AvgIpc) is 2.87. The van der Waals surface area contributed by atoms with E-state index in [9.17, 15) is 18.0 Å². The summed E-state index contributed by atoms with van der Waals surface area (Å²) in [6.07, 6.45) is 1.36. The fourth-order valence-electron chi connectivity index (χ4n) is 3.59. The highest BCUT2D eigenvalue weighted by atomic mass is 32.2. The Balaban J connectivity index is 1.94. The summed E-state index contributed by atoms with van der Waals surface area (Å²) in [6, 6.07) is 21.8. The minimum absolute atomic E-state index is 0.0247. The maximum Gasteiger partial charge on any atom is 0.264 e. The van der Waals surface area contributed by atoms with Crippen LogP contribution >= 0.6 is 0 Å². The van der Waals surface area contributed by atoms with Gasteiger partial charge < -0.3 is 10.6 Å². The van der Waals surface area contributed by atoms with Crippen LogP contribution in [0.3, 0.4) is 0 Å². The Labute approximate surface area is 207 Å². The van der Waals surface area contributed by atoms with Crippen molar-refractivity contribution < 1.29 is 18.0 Å². The summed E-state index contributed by atoms with van der Waals surface area (Å²) >= 11 is 0. The number of carbonyl (C=O) groups excluding carboxylic acids is 2. The van der Waals surface area contributed by atoms with Gasteiger partial charge in [-0.1, -0.05) is 62.4 Å². The normalized spacial score (nSPS) is 12.0. The van der Waals surface area contributed by atoms with Crippen LogP contribution in [-0.2, 0) is 21.2 Å². The van der Waals surface area contributed by atoms with Crippen molar-refractivity contribution >= 4 is 33.2 Å². The van der Waals surface area contributed by atoms with Crippen LogP contribution < -0.4 is 14.9 Å². The van der Waals surface area contributed by atoms with Crippen LogP contribution in [0.2, 0.25) is 0 Å². The molecule has 2 N–H and O–H groups in total. The van der Waals surface area contributed by atoms with E-state index in [1.54, 1.807) is 54.6 Å². The van der Waals surface area contributed by atoms with Crippen molar-refractivity contribution in [1.29, 1.82) is 0 Å². The minimum Gasteiger partial charge on any atom is -0.350 e. The van der Waals surface area contributed by atoms with Gasteiger partial charge in [-0.15, -0.1) is 0 Å². The molecule has 7 nitrogen and oxygen atoms in total. The first-order valence-corrected chi connectivity index (χ1v) is 13.1. The molecule has 0 radical (unpaired) electrons. The first-order chi connectivity index (χ1) is 16.8. The maximum absolute atomic E-state index is 13.6. The third-order valence-corrected chi connectivity index (χ3v) is 7.47. The van der Waals surface area contributed by atoms with Gasteiger partial charge in [0.2, 0.25) is 5.91 Å². The maximum atomic E-state index is 13.6. The summed E-state index contributed by atoms with van der Waals surface area (Å²) in [5.41, 5.74) is 1.87. The van der Waals surface area contributed by atoms with Gasteiger partial charge in [-0.05, 0) is 55.7 Å². The molecule has 0 aromatic heterocycles. The molecular formula is C27H31N3O4S. The number of nitrogens with one attached hydrogen (secondary N) is 2. The Bertz CT molecular complexity index is 1280. The standard InChI is InChI=1S/C27H31N3O4S/c1-4-20(3)28-27(32)23-16-10-11-17-24(23)29-26(31)19-30(25-18-12-9-13-21(25)5-2)35(33,34)22-14-7-6-8-15-22/h6-18,20H,4-5,19H2,1-3H3,(H,28,32)(H,29,31)/t20-/m0/s1. The van der Waals surface area contributed by atoms with Crippen LogP contribution in [0, 0.1) is 0 Å². The number of sulfonamides is 1. The van der Waals surface area contributed by atoms with Crippen molar-refractivity contribution in [1.82, 2.24) is 5.32 Å². The molecule has 0 bridgehead atoms. The summed E-state index contributed by atoms with van der Waals surface area (Å²) in [4.78, 5) is 26.0. The van der Waals surface area contributed by atoms with E-state index in [-0.39, 0.29) is 16.8 Å². The molecule has 1 atom stereocenters. The van der Waals surface area contributed by atoms with Crippen molar-refractivity contribution in [2.75, 3.05) is 16.2 Å². The molecule has 2 amide bonds. The number of nitrogens with zero attached hydrogens (tertiary/aromatic N) is 1. The molecule has 0 aliphatic carbocycles. The van der Waals surface area contributed by atoms with Gasteiger partial charge in [0.1, 0.15) is 6.54 Å². The summed E-state index contributed by atoms with van der Waals surface area (Å²) < 4.78 is 28.3. The number of hydrogen-bond acceptors (Lipinski definition) is 4. The quantitative estimate of drug-likeness (QED) is 0.431. The summed E-state index contributed by atoms with van der Waals surface area (Å²) in [5, 5.41) is 5.63. The van der Waals surface area contributed by atoms with Crippen LogP contribution in [0.25, 0.3) is 0 Å². The van der Waals surface area contributed by atoms with Gasteiger partial charge in [0.15, 0.2) is 0 Å². The van der Waals surface area contributed by atoms with Gasteiger partial charge >= 0.3 is 0 Å². The van der Waals surface area contributed by atoms with Gasteiger partial charge in [0.05, 0.1) is 21.8 Å². The highest BCUT2D eigenvalue weighted by molar-refractivity contribution is 7.92. The van der Waals surface area contributed by atoms with Crippen molar-refractivity contribution in [2.24, 2.45) is 0 Å². The Morgan fingerprint density at radius 2 is 1.51 bits per heavy atom. The van der Waals surface area contributed by atoms with Gasteiger partial charge in [0.25, 0.3) is 15.9 Å². The highest BCUT2D eigenvalue weighted by Crippen LogP contribution is 2.28. The van der Waals surface area contributed by atoms with E-state index in [1.165, 1.54) is 12.1 Å². The van der Waals surface area contributed by atoms with Gasteiger partial charge in [-0.3, -0.25) is 13.9 Å². The molecule has 3 aromatic rings. The lowest BCUT2D eigenvalue weighted by Gasteiger charge is -2.26. The predicted molar refractivity (Wildman–Crippen MR) is 139 cm³/mol. The number of hydrogen-bond donors (Lipinski definition) is 2. The molecule has 184 valence electrons. The first kappa shape index (κ1) is 26.0. The van der Waals surface area contributed by atoms with Crippen molar-refractivity contribution in [3.63, 3.8) is 0 Å². The molecule has 0 spiro atoms. The van der Waals surface area contributed by atoms with E-state index in [0.717, 1.165) is 16.3 Å². The molecule has 0 aliphatic heterocycles. The van der Waals surface area contributed by atoms with E-state index in [0.29, 0.717) is 23.4 Å². The Kier molecular flexibility index (Phi) is 8.65. The first-order valence-electron chi connectivity index (χ1n) is 11.6. The third-order valence-electron chi connectivity index (χ3n) is 5.70. The highest BCUT2D eigenvalue weighted by Gasteiger charge is 2.29. The second-order valence-electron chi connectivity index (χ2n) is 8.18. The number of rotatable bonds is 10. The summed E-state index contributed by atoms with van der Waals surface area (Å²) in [7, 11) is -4.03. The van der Waals surface area contributed by atoms with Crippen LogP contribution in [0.4, 0.5) is 11.4 Å². The molecular weight excluding hydrogens is 462 g/mol. The van der Waals surface area contributed by atoms with E-state index in [2.05, 4.69) is 10.6 Å². The molecule has 35 heavy (non-hydrogen) atoms. The lowest BCUT2D eigenvalue weighted by Crippen LogP contribution is -2.39. The number of aryl methyl sites for hydroxylation is 1. The molecule has 3 aromatic carbocycles. The lowest BCUT2D eigenvalue weighted by atomic mass is 10.1. The van der Waals surface area contributed by atoms with Crippen molar-refractivity contribution in [3.05, 3.63) is 90.0 Å². The molecule has 0 heterocycles. The zero-order valence-electron chi connectivity index (χ0n) is 20.2. The largest absolute Gasteiger partial charge is 0.350 e. The second kappa shape index (κ2) is 11.7. The zero-order valence-corrected chi connectivity index (χ0v) is 21.0. The molecule has 8 heteroatoms. The molecule has 0 unspecified atom stereocenters. The second-order valence-corrected chi connectivity index (χ2v) is 10.0. The average molecular weight is 494 g/mol. The lowest BCUT2D eigenvalue weighted by molar-refractivity contribution is -0.114. The zero-order chi connectivity index (χ0) is 25.4. The smallest absolute Gasteiger partial charge is 0.264 e. The van der Waals surface area contributed by atoms with E-state index >= 15 is 0 Å². The van der Waals surface area contributed by atoms with Crippen LogP contribution in [0.15, 0.2) is 83.8 Å². The third kappa shape index (κ3) is 6.27. The summed E-state index contributed by atoms with van der Waals surface area (Å²) in [5.74, 6) is -0.862. The Morgan fingerprint density at radius 3 is 2.20 bits per heavy atom. The fourth-order valence-corrected chi connectivity index (χ4v) is 5.07. The predicted octanol–water partition coefficient (Wildman–Crippen LogP) is 4.61. The van der Waals surface area contributed by atoms with Crippen LogP contribution in [0.1, 0.15) is 43.1 Å². The number of carbonyl (C=O) groups is 2. The van der Waals surface area contributed by atoms with Crippen molar-refractivity contribution in [2.45, 2.75) is 44.6 Å². The SMILES string of the molecule is CCc1ccccc1N(CC(=O)Nc1ccccc1C(=O)N[C@@H](C)CC)S(=O)(=O)c1ccccc1. The number of benzene rings is 3. The summed E-state index contributed by atoms with van der Waals surface area (Å²) in [6.45, 7) is 5.35. The van der Waals surface area contributed by atoms with Gasteiger partial charge in [0, 0.05) is 6.04 Å². The molecule has 0 saturated heterocycles. The van der Waals surface area contributed by atoms with Gasteiger partial charge in [-0.25, -0.2) is 8.42 Å². The molecule has 0 saturated carbocycles. The van der Waals surface area contributed by atoms with E-state index in [1.807, 2.05) is 32.9 Å². The number of para-hydroxylation sites is 2. The minimum atomic E-state index is -4.03. The van der Waals surface area contributed by atoms with Crippen LogP contribution in [0.5, 0.6) is 0 Å². The van der Waals surface area contributed by atoms with Crippen molar-refractivity contribution in [3.8, 4) is 0 Å². The molecule has 0 fully saturated rings. The molecule has 3 rings (SSSR count). The van der Waals surface area contributed by atoms with Gasteiger partial charge in [-0.2, -0.15) is 0 Å². The van der Waals surface area contributed by atoms with E-state index < -0.39 is 22.5 Å². The topological polar surface area (TPSA) is 95.6 Å². The van der Waals surface area contributed by atoms with Crippen LogP contribution in [-0.4, -0.2) is 32.8 Å². The fraction of sp³-hybridized carbons (Fsp3) is 0.259.